The van der Waals surface area contributed by atoms with Gasteiger partial charge in [-0.2, -0.15) is 0 Å². The number of nitrogens with zero attached hydrogens (tertiary/aromatic N) is 2. The van der Waals surface area contributed by atoms with E-state index in [9.17, 15) is 9.59 Å². The quantitative estimate of drug-likeness (QED) is 0.542. The molecule has 0 unspecified atom stereocenters. The molecule has 6 rings (SSSR count). The summed E-state index contributed by atoms with van der Waals surface area (Å²) in [4.78, 5) is 29.0. The molecule has 36 heavy (non-hydrogen) atoms. The molecule has 0 atom stereocenters. The number of rotatable bonds is 6. The second-order valence-corrected chi connectivity index (χ2v) is 11.4. The van der Waals surface area contributed by atoms with E-state index in [0.717, 1.165) is 59.3 Å². The minimum absolute atomic E-state index is 0.0880. The van der Waals surface area contributed by atoms with Gasteiger partial charge >= 0.3 is 6.09 Å². The van der Waals surface area contributed by atoms with E-state index < -0.39 is 5.60 Å². The van der Waals surface area contributed by atoms with Crippen LogP contribution >= 0.6 is 0 Å². The second kappa shape index (κ2) is 8.25. The summed E-state index contributed by atoms with van der Waals surface area (Å²) in [5, 5.41) is 4.48. The largest absolute Gasteiger partial charge is 0.496 e. The molecule has 0 radical (unpaired) electrons. The number of methoxy groups -OCH3 is 2. The number of hydrogen-bond donors (Lipinski definition) is 1. The molecule has 3 saturated carbocycles. The van der Waals surface area contributed by atoms with Crippen molar-refractivity contribution in [3.8, 4) is 22.6 Å². The zero-order valence-electron chi connectivity index (χ0n) is 21.7. The smallest absolute Gasteiger partial charge is 0.408 e. The predicted molar refractivity (Wildman–Crippen MR) is 138 cm³/mol. The Morgan fingerprint density at radius 1 is 1.11 bits per heavy atom. The molecule has 0 spiro atoms. The SMILES string of the molecule is COc1cc(-c2cn(C)c(=O)c3cnccc23)cc(OC)c1CC12CC(NC(=O)OC(C)(C)C)(C1)C2. The predicted octanol–water partition coefficient (Wildman–Crippen LogP) is 4.61. The topological polar surface area (TPSA) is 91.7 Å². The van der Waals surface area contributed by atoms with Crippen LogP contribution in [0.1, 0.15) is 45.6 Å². The molecular formula is C28H33N3O5. The van der Waals surface area contributed by atoms with Crippen LogP contribution in [0.4, 0.5) is 4.79 Å². The molecule has 1 amide bonds. The number of ether oxygens (including phenoxy) is 3. The number of benzene rings is 1. The van der Waals surface area contributed by atoms with E-state index in [1.807, 2.05) is 45.2 Å². The Labute approximate surface area is 210 Å². The van der Waals surface area contributed by atoms with Crippen molar-refractivity contribution in [2.75, 3.05) is 14.2 Å². The molecular weight excluding hydrogens is 458 g/mol. The van der Waals surface area contributed by atoms with Gasteiger partial charge in [-0.05, 0) is 81.0 Å². The van der Waals surface area contributed by atoms with E-state index in [1.54, 1.807) is 38.2 Å². The number of hydrogen-bond acceptors (Lipinski definition) is 6. The molecule has 2 heterocycles. The second-order valence-electron chi connectivity index (χ2n) is 11.4. The van der Waals surface area contributed by atoms with Crippen LogP contribution < -0.4 is 20.3 Å². The van der Waals surface area contributed by atoms with Crippen LogP contribution in [0.5, 0.6) is 11.5 Å². The third-order valence-electron chi connectivity index (χ3n) is 7.36. The van der Waals surface area contributed by atoms with Crippen LogP contribution in [0.2, 0.25) is 0 Å². The van der Waals surface area contributed by atoms with Crippen molar-refractivity contribution in [3.63, 3.8) is 0 Å². The van der Waals surface area contributed by atoms with Gasteiger partial charge in [-0.1, -0.05) is 0 Å². The number of nitrogens with one attached hydrogen (secondary N) is 1. The maximum atomic E-state index is 12.6. The number of amides is 1. The molecule has 8 nitrogen and oxygen atoms in total. The summed E-state index contributed by atoms with van der Waals surface area (Å²) in [5.74, 6) is 1.50. The van der Waals surface area contributed by atoms with Crippen LogP contribution in [0.25, 0.3) is 21.9 Å². The Morgan fingerprint density at radius 3 is 2.33 bits per heavy atom. The van der Waals surface area contributed by atoms with Crippen LogP contribution in [-0.2, 0) is 18.2 Å². The molecule has 0 aliphatic heterocycles. The first-order valence-corrected chi connectivity index (χ1v) is 12.2. The number of aryl methyl sites for hydroxylation is 1. The normalized spacial score (nSPS) is 22.4. The molecule has 190 valence electrons. The first kappa shape index (κ1) is 24.2. The number of aromatic nitrogens is 2. The van der Waals surface area contributed by atoms with Crippen molar-refractivity contribution in [1.82, 2.24) is 14.9 Å². The fourth-order valence-electron chi connectivity index (χ4n) is 6.07. The van der Waals surface area contributed by atoms with Crippen molar-refractivity contribution >= 4 is 16.9 Å². The minimum Gasteiger partial charge on any atom is -0.496 e. The van der Waals surface area contributed by atoms with Gasteiger partial charge in [0.1, 0.15) is 17.1 Å². The van der Waals surface area contributed by atoms with E-state index in [-0.39, 0.29) is 22.6 Å². The summed E-state index contributed by atoms with van der Waals surface area (Å²) in [6, 6.07) is 5.88. The first-order chi connectivity index (χ1) is 17.0. The van der Waals surface area contributed by atoms with Crippen molar-refractivity contribution < 1.29 is 19.0 Å². The zero-order valence-corrected chi connectivity index (χ0v) is 21.7. The van der Waals surface area contributed by atoms with Gasteiger partial charge in [-0.3, -0.25) is 9.78 Å². The highest BCUT2D eigenvalue weighted by molar-refractivity contribution is 5.95. The highest BCUT2D eigenvalue weighted by atomic mass is 16.6. The Morgan fingerprint density at radius 2 is 1.75 bits per heavy atom. The summed E-state index contributed by atoms with van der Waals surface area (Å²) in [7, 11) is 5.07. The molecule has 8 heteroatoms. The zero-order chi connectivity index (χ0) is 25.9. The van der Waals surface area contributed by atoms with Crippen molar-refractivity contribution in [3.05, 3.63) is 52.7 Å². The van der Waals surface area contributed by atoms with E-state index in [4.69, 9.17) is 14.2 Å². The Hall–Kier alpha value is -3.55. The highest BCUT2D eigenvalue weighted by Gasteiger charge is 2.68. The summed E-state index contributed by atoms with van der Waals surface area (Å²) in [6.07, 6.45) is 8.31. The van der Waals surface area contributed by atoms with Crippen LogP contribution in [0, 0.1) is 5.41 Å². The number of carbonyl (C=O) groups is 1. The number of pyridine rings is 2. The van der Waals surface area contributed by atoms with Gasteiger partial charge in [0, 0.05) is 42.3 Å². The highest BCUT2D eigenvalue weighted by Crippen LogP contribution is 2.69. The van der Waals surface area contributed by atoms with E-state index in [1.165, 1.54) is 0 Å². The molecule has 2 bridgehead atoms. The lowest BCUT2D eigenvalue weighted by atomic mass is 9.38. The maximum Gasteiger partial charge on any atom is 0.408 e. The van der Waals surface area contributed by atoms with Crippen molar-refractivity contribution in [2.45, 2.75) is 57.6 Å². The van der Waals surface area contributed by atoms with Crippen molar-refractivity contribution in [1.29, 1.82) is 0 Å². The summed E-state index contributed by atoms with van der Waals surface area (Å²) in [5.41, 5.74) is 2.18. The van der Waals surface area contributed by atoms with Gasteiger partial charge in [0.15, 0.2) is 0 Å². The third kappa shape index (κ3) is 4.08. The van der Waals surface area contributed by atoms with Gasteiger partial charge in [0.2, 0.25) is 0 Å². The van der Waals surface area contributed by atoms with E-state index >= 15 is 0 Å². The summed E-state index contributed by atoms with van der Waals surface area (Å²) in [6.45, 7) is 5.60. The number of fused-ring (bicyclic) bond motifs is 1. The lowest BCUT2D eigenvalue weighted by Crippen LogP contribution is -2.75. The molecule has 3 fully saturated rings. The fourth-order valence-corrected chi connectivity index (χ4v) is 6.07. The van der Waals surface area contributed by atoms with E-state index in [0.29, 0.717) is 5.39 Å². The molecule has 2 aromatic heterocycles. The van der Waals surface area contributed by atoms with E-state index in [2.05, 4.69) is 10.3 Å². The van der Waals surface area contributed by atoms with Crippen LogP contribution in [0.3, 0.4) is 0 Å². The Kier molecular flexibility index (Phi) is 5.54. The molecule has 0 saturated heterocycles. The number of carbonyl (C=O) groups excluding carboxylic acids is 1. The lowest BCUT2D eigenvalue weighted by molar-refractivity contribution is -0.150. The molecule has 3 aromatic rings. The summed E-state index contributed by atoms with van der Waals surface area (Å²) >= 11 is 0. The summed E-state index contributed by atoms with van der Waals surface area (Å²) < 4.78 is 18.7. The number of alkyl carbamates (subject to hydrolysis) is 1. The van der Waals surface area contributed by atoms with Gasteiger partial charge < -0.3 is 24.1 Å². The van der Waals surface area contributed by atoms with Crippen molar-refractivity contribution in [2.24, 2.45) is 12.5 Å². The van der Waals surface area contributed by atoms with Gasteiger partial charge in [0.05, 0.1) is 19.6 Å². The standard InChI is InChI=1S/C28H33N3O5/c1-26(2,3)36-25(33)30-28-14-27(15-28,16-28)11-19-22(34-5)9-17(10-23(19)35-6)21-13-31(4)24(32)20-12-29-8-7-18(20)21/h7-10,12-13H,11,14-16H2,1-6H3,(H,30,33). The average Bonchev–Trinajstić information content (AvgIpc) is 2.77. The lowest BCUT2D eigenvalue weighted by Gasteiger charge is -2.70. The monoisotopic (exact) mass is 491 g/mol. The van der Waals surface area contributed by atoms with Gasteiger partial charge in [-0.15, -0.1) is 0 Å². The fraction of sp³-hybridized carbons (Fsp3) is 0.464. The Balaban J connectivity index is 1.42. The van der Waals surface area contributed by atoms with Gasteiger partial charge in [-0.25, -0.2) is 4.79 Å². The maximum absolute atomic E-state index is 12.6. The average molecular weight is 492 g/mol. The van der Waals surface area contributed by atoms with Gasteiger partial charge in [0.25, 0.3) is 5.56 Å². The molecule has 3 aliphatic rings. The molecule has 1 N–H and O–H groups in total. The molecule has 1 aromatic carbocycles. The van der Waals surface area contributed by atoms with Crippen LogP contribution in [0.15, 0.2) is 41.6 Å². The minimum atomic E-state index is -0.513. The molecule has 3 aliphatic carbocycles. The van der Waals surface area contributed by atoms with Crippen LogP contribution in [-0.4, -0.2) is 41.0 Å². The first-order valence-electron chi connectivity index (χ1n) is 12.2. The third-order valence-corrected chi connectivity index (χ3v) is 7.36. The Bertz CT molecular complexity index is 1370.